The number of aromatic nitrogens is 1. The summed E-state index contributed by atoms with van der Waals surface area (Å²) in [5, 5.41) is 21.2. The summed E-state index contributed by atoms with van der Waals surface area (Å²) in [6.07, 6.45) is 1.78. The Balaban J connectivity index is 1.99. The van der Waals surface area contributed by atoms with E-state index in [-0.39, 0.29) is 17.3 Å². The molecule has 0 fully saturated rings. The third-order valence-corrected chi connectivity index (χ3v) is 2.76. The first-order valence-electron chi connectivity index (χ1n) is 6.04. The molecule has 0 saturated heterocycles. The molecule has 0 aliphatic carbocycles. The highest BCUT2D eigenvalue weighted by Crippen LogP contribution is 2.18. The second-order valence-electron chi connectivity index (χ2n) is 4.34. The molecule has 20 heavy (non-hydrogen) atoms. The third kappa shape index (κ3) is 3.46. The quantitative estimate of drug-likeness (QED) is 0.664. The predicted molar refractivity (Wildman–Crippen MR) is 74.3 cm³/mol. The van der Waals surface area contributed by atoms with E-state index in [2.05, 4.69) is 10.3 Å². The average molecular weight is 273 g/mol. The van der Waals surface area contributed by atoms with Gasteiger partial charge in [-0.05, 0) is 36.2 Å². The van der Waals surface area contributed by atoms with Crippen LogP contribution in [0.25, 0.3) is 0 Å². The highest BCUT2D eigenvalue weighted by atomic mass is 16.3. The van der Waals surface area contributed by atoms with Crippen LogP contribution in [-0.4, -0.2) is 27.1 Å². The number of hydrogen-bond donors (Lipinski definition) is 4. The zero-order chi connectivity index (χ0) is 14.5. The van der Waals surface area contributed by atoms with E-state index in [1.54, 1.807) is 18.2 Å². The van der Waals surface area contributed by atoms with E-state index in [0.717, 1.165) is 5.56 Å². The Morgan fingerprint density at radius 2 is 1.95 bits per heavy atom. The zero-order valence-electron chi connectivity index (χ0n) is 10.7. The highest BCUT2D eigenvalue weighted by molar-refractivity contribution is 5.95. The molecular formula is C14H15N3O3. The number of hydrogen-bond acceptors (Lipinski definition) is 5. The summed E-state index contributed by atoms with van der Waals surface area (Å²) in [5.74, 6) is -0.311. The van der Waals surface area contributed by atoms with Crippen molar-refractivity contribution < 1.29 is 15.0 Å². The summed E-state index contributed by atoms with van der Waals surface area (Å²) in [6, 6.07) is 8.66. The minimum Gasteiger partial charge on any atom is -0.508 e. The molecule has 1 amide bonds. The van der Waals surface area contributed by atoms with Gasteiger partial charge in [0, 0.05) is 6.20 Å². The van der Waals surface area contributed by atoms with E-state index < -0.39 is 11.9 Å². The molecule has 104 valence electrons. The number of phenolic OH excluding ortho intramolecular Hbond substituents is 1. The Morgan fingerprint density at radius 1 is 1.25 bits per heavy atom. The van der Waals surface area contributed by atoms with E-state index in [1.165, 1.54) is 24.4 Å². The molecule has 6 heteroatoms. The number of benzene rings is 1. The smallest absolute Gasteiger partial charge is 0.242 e. The van der Waals surface area contributed by atoms with Gasteiger partial charge >= 0.3 is 0 Å². The summed E-state index contributed by atoms with van der Waals surface area (Å²) in [4.78, 5) is 15.7. The number of rotatable bonds is 4. The number of carbonyl (C=O) groups excluding carboxylic acids is 1. The first kappa shape index (κ1) is 13.8. The third-order valence-electron chi connectivity index (χ3n) is 2.76. The number of nitrogens with one attached hydrogen (secondary N) is 1. The molecule has 2 aromatic rings. The molecule has 0 saturated carbocycles. The number of carbonyl (C=O) groups is 1. The maximum atomic E-state index is 11.9. The van der Waals surface area contributed by atoms with Crippen molar-refractivity contribution in [3.8, 4) is 11.5 Å². The van der Waals surface area contributed by atoms with Gasteiger partial charge in [0.25, 0.3) is 0 Å². The normalized spacial score (nSPS) is 11.8. The van der Waals surface area contributed by atoms with Gasteiger partial charge in [-0.1, -0.05) is 12.1 Å². The standard InChI is InChI=1S/C14H15N3O3/c15-11(8-9-3-5-10(18)6-4-9)14(20)17-13-12(19)2-1-7-16-13/h1-7,11,18-19H,8,15H2,(H,16,17,20)/t11-/m0/s1. The molecule has 6 nitrogen and oxygen atoms in total. The number of phenols is 1. The van der Waals surface area contributed by atoms with Crippen LogP contribution >= 0.6 is 0 Å². The van der Waals surface area contributed by atoms with Gasteiger partial charge < -0.3 is 21.3 Å². The number of nitrogens with zero attached hydrogens (tertiary/aromatic N) is 1. The first-order valence-corrected chi connectivity index (χ1v) is 6.04. The molecular weight excluding hydrogens is 258 g/mol. The summed E-state index contributed by atoms with van der Waals surface area (Å²) in [6.45, 7) is 0. The lowest BCUT2D eigenvalue weighted by molar-refractivity contribution is -0.117. The van der Waals surface area contributed by atoms with E-state index in [0.29, 0.717) is 6.42 Å². The van der Waals surface area contributed by atoms with Crippen LogP contribution in [0, 0.1) is 0 Å². The average Bonchev–Trinajstić information content (AvgIpc) is 2.44. The van der Waals surface area contributed by atoms with Crippen LogP contribution in [0.4, 0.5) is 5.82 Å². The lowest BCUT2D eigenvalue weighted by Gasteiger charge is -2.12. The van der Waals surface area contributed by atoms with Crippen LogP contribution in [0.15, 0.2) is 42.6 Å². The van der Waals surface area contributed by atoms with Gasteiger partial charge in [0.05, 0.1) is 6.04 Å². The number of amides is 1. The van der Waals surface area contributed by atoms with Crippen molar-refractivity contribution in [3.63, 3.8) is 0 Å². The van der Waals surface area contributed by atoms with Crippen LogP contribution < -0.4 is 11.1 Å². The molecule has 2 rings (SSSR count). The summed E-state index contributed by atoms with van der Waals surface area (Å²) in [7, 11) is 0. The molecule has 0 bridgehead atoms. The molecule has 0 aliphatic rings. The van der Waals surface area contributed by atoms with E-state index in [4.69, 9.17) is 5.73 Å². The van der Waals surface area contributed by atoms with Crippen LogP contribution in [0.3, 0.4) is 0 Å². The molecule has 0 spiro atoms. The Morgan fingerprint density at radius 3 is 2.60 bits per heavy atom. The molecule has 1 heterocycles. The molecule has 1 atom stereocenters. The monoisotopic (exact) mass is 273 g/mol. The van der Waals surface area contributed by atoms with Crippen LogP contribution in [0.1, 0.15) is 5.56 Å². The number of anilines is 1. The Labute approximate surface area is 115 Å². The fourth-order valence-corrected chi connectivity index (χ4v) is 1.68. The number of aromatic hydroxyl groups is 2. The fraction of sp³-hybridized carbons (Fsp3) is 0.143. The van der Waals surface area contributed by atoms with Gasteiger partial charge in [-0.25, -0.2) is 4.98 Å². The van der Waals surface area contributed by atoms with Crippen molar-refractivity contribution in [2.24, 2.45) is 5.73 Å². The van der Waals surface area contributed by atoms with Crippen LogP contribution in [0.5, 0.6) is 11.5 Å². The lowest BCUT2D eigenvalue weighted by atomic mass is 10.1. The lowest BCUT2D eigenvalue weighted by Crippen LogP contribution is -2.37. The Bertz CT molecular complexity index is 599. The van der Waals surface area contributed by atoms with Crippen molar-refractivity contribution in [2.45, 2.75) is 12.5 Å². The van der Waals surface area contributed by atoms with E-state index in [9.17, 15) is 15.0 Å². The maximum Gasteiger partial charge on any atom is 0.242 e. The van der Waals surface area contributed by atoms with Gasteiger partial charge in [-0.2, -0.15) is 0 Å². The van der Waals surface area contributed by atoms with Crippen molar-refractivity contribution in [2.75, 3.05) is 5.32 Å². The van der Waals surface area contributed by atoms with E-state index in [1.807, 2.05) is 0 Å². The molecule has 1 aromatic heterocycles. The summed E-state index contributed by atoms with van der Waals surface area (Å²) < 4.78 is 0. The van der Waals surface area contributed by atoms with E-state index >= 15 is 0 Å². The Hall–Kier alpha value is -2.60. The van der Waals surface area contributed by atoms with Gasteiger partial charge in [-0.15, -0.1) is 0 Å². The van der Waals surface area contributed by atoms with Gasteiger partial charge in [0.15, 0.2) is 11.6 Å². The first-order chi connectivity index (χ1) is 9.56. The second-order valence-corrected chi connectivity index (χ2v) is 4.34. The van der Waals surface area contributed by atoms with Gasteiger partial charge in [-0.3, -0.25) is 4.79 Å². The van der Waals surface area contributed by atoms with Crippen molar-refractivity contribution >= 4 is 11.7 Å². The highest BCUT2D eigenvalue weighted by Gasteiger charge is 2.16. The van der Waals surface area contributed by atoms with Gasteiger partial charge in [0.2, 0.25) is 5.91 Å². The zero-order valence-corrected chi connectivity index (χ0v) is 10.7. The molecule has 0 aliphatic heterocycles. The van der Waals surface area contributed by atoms with Crippen molar-refractivity contribution in [1.82, 2.24) is 4.98 Å². The van der Waals surface area contributed by atoms with Crippen molar-refractivity contribution in [1.29, 1.82) is 0 Å². The van der Waals surface area contributed by atoms with Gasteiger partial charge in [0.1, 0.15) is 5.75 Å². The van der Waals surface area contributed by atoms with Crippen LogP contribution in [0.2, 0.25) is 0 Å². The summed E-state index contributed by atoms with van der Waals surface area (Å²) >= 11 is 0. The molecule has 0 radical (unpaired) electrons. The SMILES string of the molecule is N[C@@H](Cc1ccc(O)cc1)C(=O)Nc1ncccc1O. The predicted octanol–water partition coefficient (Wildman–Crippen LogP) is 1.00. The maximum absolute atomic E-state index is 11.9. The topological polar surface area (TPSA) is 108 Å². The fourth-order valence-electron chi connectivity index (χ4n) is 1.68. The molecule has 0 unspecified atom stereocenters. The van der Waals surface area contributed by atoms with Crippen molar-refractivity contribution in [3.05, 3.63) is 48.2 Å². The summed E-state index contributed by atoms with van der Waals surface area (Å²) in [5.41, 5.74) is 6.63. The molecule has 5 N–H and O–H groups in total. The van der Waals surface area contributed by atoms with Crippen LogP contribution in [-0.2, 0) is 11.2 Å². The minimum absolute atomic E-state index is 0.0821. The molecule has 1 aromatic carbocycles. The number of pyridine rings is 1. The Kier molecular flexibility index (Phi) is 4.17. The minimum atomic E-state index is -0.777. The number of nitrogens with two attached hydrogens (primary N) is 1. The second kappa shape index (κ2) is 6.03. The largest absolute Gasteiger partial charge is 0.508 e.